The van der Waals surface area contributed by atoms with Crippen molar-refractivity contribution in [3.05, 3.63) is 83.4 Å². The Morgan fingerprint density at radius 1 is 0.939 bits per heavy atom. The summed E-state index contributed by atoms with van der Waals surface area (Å²) in [5.41, 5.74) is 3.02. The molecule has 2 amide bonds. The lowest BCUT2D eigenvalue weighted by Crippen LogP contribution is -2.32. The number of hydrogen-bond donors (Lipinski definition) is 1. The van der Waals surface area contributed by atoms with E-state index >= 15 is 0 Å². The van der Waals surface area contributed by atoms with E-state index in [4.69, 9.17) is 14.2 Å². The molecule has 1 aliphatic rings. The van der Waals surface area contributed by atoms with Gasteiger partial charge >= 0.3 is 0 Å². The van der Waals surface area contributed by atoms with Gasteiger partial charge in [0.25, 0.3) is 5.91 Å². The molecule has 3 aromatic rings. The number of ether oxygens (including phenoxy) is 3. The minimum Gasteiger partial charge on any atom is -0.497 e. The predicted octanol–water partition coefficient (Wildman–Crippen LogP) is 4.44. The van der Waals surface area contributed by atoms with E-state index in [0.29, 0.717) is 35.0 Å². The number of methoxy groups -OCH3 is 3. The molecule has 170 valence electrons. The first-order valence-corrected chi connectivity index (χ1v) is 10.6. The summed E-state index contributed by atoms with van der Waals surface area (Å²) in [5, 5.41) is 2.91. The van der Waals surface area contributed by atoms with Gasteiger partial charge in [-0.05, 0) is 41.5 Å². The number of rotatable bonds is 8. The Bertz CT molecular complexity index is 1180. The van der Waals surface area contributed by atoms with Crippen LogP contribution in [-0.4, -0.2) is 38.0 Å². The first kappa shape index (κ1) is 22.2. The number of amides is 2. The standard InChI is InChI=1S/C26H26N2O5/c1-31-20-9-6-8-19(14-20)27-25(29)15-22(17-11-12-23(32-2)24(13-17)33-3)28-16-18-7-4-5-10-21(18)26(28)30/h4-14,22H,15-16H2,1-3H3,(H,27,29). The van der Waals surface area contributed by atoms with Crippen LogP contribution in [0.2, 0.25) is 0 Å². The summed E-state index contributed by atoms with van der Waals surface area (Å²) in [6.07, 6.45) is 0.0758. The zero-order chi connectivity index (χ0) is 23.4. The predicted molar refractivity (Wildman–Crippen MR) is 125 cm³/mol. The highest BCUT2D eigenvalue weighted by molar-refractivity contribution is 5.99. The first-order valence-electron chi connectivity index (χ1n) is 10.6. The third-order valence-corrected chi connectivity index (χ3v) is 5.75. The average Bonchev–Trinajstić information content (AvgIpc) is 3.18. The van der Waals surface area contributed by atoms with E-state index in [1.54, 1.807) is 50.5 Å². The summed E-state index contributed by atoms with van der Waals surface area (Å²) in [7, 11) is 4.70. The molecule has 0 saturated carbocycles. The van der Waals surface area contributed by atoms with Crippen LogP contribution >= 0.6 is 0 Å². The van der Waals surface area contributed by atoms with Crippen LogP contribution in [0.1, 0.15) is 33.9 Å². The largest absolute Gasteiger partial charge is 0.497 e. The molecule has 0 spiro atoms. The fraction of sp³-hybridized carbons (Fsp3) is 0.231. The van der Waals surface area contributed by atoms with Gasteiger partial charge in [-0.25, -0.2) is 0 Å². The maximum Gasteiger partial charge on any atom is 0.255 e. The Hall–Kier alpha value is -4.00. The van der Waals surface area contributed by atoms with Gasteiger partial charge in [-0.15, -0.1) is 0 Å². The monoisotopic (exact) mass is 446 g/mol. The van der Waals surface area contributed by atoms with Gasteiger partial charge in [-0.3, -0.25) is 9.59 Å². The SMILES string of the molecule is COc1cccc(NC(=O)CC(c2ccc(OC)c(OC)c2)N2Cc3ccccc3C2=O)c1. The molecule has 0 fully saturated rings. The fourth-order valence-corrected chi connectivity index (χ4v) is 4.09. The van der Waals surface area contributed by atoms with Crippen LogP contribution in [0, 0.1) is 0 Å². The molecule has 3 aromatic carbocycles. The van der Waals surface area contributed by atoms with Crippen LogP contribution in [0.3, 0.4) is 0 Å². The van der Waals surface area contributed by atoms with Gasteiger partial charge in [-0.1, -0.05) is 30.3 Å². The van der Waals surface area contributed by atoms with Crippen LogP contribution in [0.25, 0.3) is 0 Å². The van der Waals surface area contributed by atoms with Crippen molar-refractivity contribution >= 4 is 17.5 Å². The molecule has 0 saturated heterocycles. The van der Waals surface area contributed by atoms with Crippen molar-refractivity contribution in [1.82, 2.24) is 4.90 Å². The summed E-state index contributed by atoms with van der Waals surface area (Å²) in [5.74, 6) is 1.45. The Balaban J connectivity index is 1.64. The number of benzene rings is 3. The highest BCUT2D eigenvalue weighted by Gasteiger charge is 2.34. The minimum absolute atomic E-state index is 0.0758. The van der Waals surface area contributed by atoms with Gasteiger partial charge in [0.2, 0.25) is 5.91 Å². The van der Waals surface area contributed by atoms with Crippen LogP contribution < -0.4 is 19.5 Å². The normalized spacial score (nSPS) is 13.3. The Morgan fingerprint density at radius 2 is 1.73 bits per heavy atom. The molecule has 0 bridgehead atoms. The summed E-state index contributed by atoms with van der Waals surface area (Å²) in [4.78, 5) is 28.0. The Kier molecular flexibility index (Phi) is 6.49. The molecule has 33 heavy (non-hydrogen) atoms. The van der Waals surface area contributed by atoms with Crippen molar-refractivity contribution in [1.29, 1.82) is 0 Å². The summed E-state index contributed by atoms with van der Waals surface area (Å²) >= 11 is 0. The maximum atomic E-state index is 13.2. The highest BCUT2D eigenvalue weighted by atomic mass is 16.5. The molecule has 7 nitrogen and oxygen atoms in total. The van der Waals surface area contributed by atoms with E-state index in [9.17, 15) is 9.59 Å². The number of nitrogens with one attached hydrogen (secondary N) is 1. The molecule has 0 aromatic heterocycles. The van der Waals surface area contributed by atoms with Gasteiger partial charge in [-0.2, -0.15) is 0 Å². The second-order valence-electron chi connectivity index (χ2n) is 7.70. The van der Waals surface area contributed by atoms with Gasteiger partial charge in [0.05, 0.1) is 33.8 Å². The van der Waals surface area contributed by atoms with Crippen LogP contribution in [-0.2, 0) is 11.3 Å². The lowest BCUT2D eigenvalue weighted by molar-refractivity contribution is -0.117. The molecule has 4 rings (SSSR count). The summed E-state index contributed by atoms with van der Waals surface area (Å²) < 4.78 is 16.1. The van der Waals surface area contributed by atoms with Crippen molar-refractivity contribution in [2.45, 2.75) is 19.0 Å². The highest BCUT2D eigenvalue weighted by Crippen LogP contribution is 2.37. The fourth-order valence-electron chi connectivity index (χ4n) is 4.09. The molecule has 1 N–H and O–H groups in total. The van der Waals surface area contributed by atoms with Gasteiger partial charge < -0.3 is 24.4 Å². The lowest BCUT2D eigenvalue weighted by Gasteiger charge is -2.28. The van der Waals surface area contributed by atoms with E-state index in [-0.39, 0.29) is 18.2 Å². The number of anilines is 1. The van der Waals surface area contributed by atoms with E-state index < -0.39 is 6.04 Å². The van der Waals surface area contributed by atoms with Gasteiger partial charge in [0.1, 0.15) is 5.75 Å². The zero-order valence-electron chi connectivity index (χ0n) is 18.8. The molecular formula is C26H26N2O5. The second kappa shape index (κ2) is 9.65. The van der Waals surface area contributed by atoms with E-state index in [1.165, 1.54) is 0 Å². The summed E-state index contributed by atoms with van der Waals surface area (Å²) in [6, 6.07) is 19.7. The number of hydrogen-bond acceptors (Lipinski definition) is 5. The van der Waals surface area contributed by atoms with Crippen LogP contribution in [0.4, 0.5) is 5.69 Å². The third kappa shape index (κ3) is 4.62. The van der Waals surface area contributed by atoms with Gasteiger partial charge in [0, 0.05) is 23.9 Å². The first-order chi connectivity index (χ1) is 16.0. The molecular weight excluding hydrogens is 420 g/mol. The van der Waals surface area contributed by atoms with E-state index in [1.807, 2.05) is 42.5 Å². The maximum absolute atomic E-state index is 13.2. The molecule has 1 atom stereocenters. The molecule has 1 aliphatic heterocycles. The quantitative estimate of drug-likeness (QED) is 0.554. The van der Waals surface area contributed by atoms with Crippen molar-refractivity contribution in [3.63, 3.8) is 0 Å². The van der Waals surface area contributed by atoms with Crippen molar-refractivity contribution in [2.75, 3.05) is 26.6 Å². The lowest BCUT2D eigenvalue weighted by atomic mass is 10.0. The zero-order valence-corrected chi connectivity index (χ0v) is 18.8. The number of fused-ring (bicyclic) bond motifs is 1. The Morgan fingerprint density at radius 3 is 2.45 bits per heavy atom. The number of carbonyl (C=O) groups is 2. The average molecular weight is 447 g/mol. The minimum atomic E-state index is -0.490. The molecule has 0 radical (unpaired) electrons. The number of carbonyl (C=O) groups excluding carboxylic acids is 2. The van der Waals surface area contributed by atoms with Crippen LogP contribution in [0.5, 0.6) is 17.2 Å². The van der Waals surface area contributed by atoms with Crippen molar-refractivity contribution in [3.8, 4) is 17.2 Å². The van der Waals surface area contributed by atoms with E-state index in [0.717, 1.165) is 11.1 Å². The third-order valence-electron chi connectivity index (χ3n) is 5.75. The number of nitrogens with zero attached hydrogens (tertiary/aromatic N) is 1. The summed E-state index contributed by atoms with van der Waals surface area (Å²) in [6.45, 7) is 0.431. The van der Waals surface area contributed by atoms with Crippen molar-refractivity contribution in [2.24, 2.45) is 0 Å². The topological polar surface area (TPSA) is 77.1 Å². The molecule has 7 heteroatoms. The molecule has 0 aliphatic carbocycles. The van der Waals surface area contributed by atoms with Crippen LogP contribution in [0.15, 0.2) is 66.7 Å². The molecule has 1 unspecified atom stereocenters. The van der Waals surface area contributed by atoms with Gasteiger partial charge in [0.15, 0.2) is 11.5 Å². The Labute approximate surface area is 192 Å². The second-order valence-corrected chi connectivity index (χ2v) is 7.70. The smallest absolute Gasteiger partial charge is 0.255 e. The van der Waals surface area contributed by atoms with E-state index in [2.05, 4.69) is 5.32 Å². The van der Waals surface area contributed by atoms with Crippen molar-refractivity contribution < 1.29 is 23.8 Å². The molecule has 1 heterocycles.